The highest BCUT2D eigenvalue weighted by atomic mass is 32.2. The number of hydrazone groups is 1. The molecule has 35 heavy (non-hydrogen) atoms. The molecule has 2 heterocycles. The Balaban J connectivity index is 1.44. The Morgan fingerprint density at radius 2 is 1.91 bits per heavy atom. The Hall–Kier alpha value is -3.75. The Morgan fingerprint density at radius 3 is 2.77 bits per heavy atom. The van der Waals surface area contributed by atoms with Crippen LogP contribution < -0.4 is 10.4 Å². The summed E-state index contributed by atoms with van der Waals surface area (Å²) < 4.78 is 6.56. The highest BCUT2D eigenvalue weighted by Gasteiger charge is 2.19. The van der Waals surface area contributed by atoms with E-state index in [1.165, 1.54) is 28.8 Å². The maximum Gasteiger partial charge on any atom is 0.250 e. The molecule has 0 atom stereocenters. The van der Waals surface area contributed by atoms with E-state index in [9.17, 15) is 9.59 Å². The average Bonchev–Trinajstić information content (AvgIpc) is 3.29. The maximum atomic E-state index is 13.3. The Morgan fingerprint density at radius 1 is 1.11 bits per heavy atom. The van der Waals surface area contributed by atoms with Crippen LogP contribution >= 0.6 is 23.1 Å². The molecule has 0 spiro atoms. The number of fused-ring (bicyclic) bond motifs is 2. The third-order valence-corrected chi connectivity index (χ3v) is 7.30. The van der Waals surface area contributed by atoms with Crippen molar-refractivity contribution < 1.29 is 9.21 Å². The molecule has 0 bridgehead atoms. The minimum Gasteiger partial charge on any atom is -0.463 e. The predicted molar refractivity (Wildman–Crippen MR) is 144 cm³/mol. The van der Waals surface area contributed by atoms with Gasteiger partial charge in [0.05, 0.1) is 27.4 Å². The molecule has 0 aliphatic rings. The lowest BCUT2D eigenvalue weighted by molar-refractivity contribution is -0.118. The first kappa shape index (κ1) is 23.0. The molecule has 8 heteroatoms. The molecule has 0 unspecified atom stereocenters. The van der Waals surface area contributed by atoms with Crippen LogP contribution in [0.5, 0.6) is 0 Å². The molecule has 0 radical (unpaired) electrons. The lowest BCUT2D eigenvalue weighted by Crippen LogP contribution is -2.26. The molecule has 5 rings (SSSR count). The van der Waals surface area contributed by atoms with Gasteiger partial charge in [0.2, 0.25) is 16.5 Å². The van der Waals surface area contributed by atoms with Gasteiger partial charge in [0.15, 0.2) is 0 Å². The number of carbonyl (C=O) groups excluding carboxylic acids is 1. The van der Waals surface area contributed by atoms with Gasteiger partial charge in [0.1, 0.15) is 11.8 Å². The van der Waals surface area contributed by atoms with E-state index in [4.69, 9.17) is 4.42 Å². The fourth-order valence-corrected chi connectivity index (χ4v) is 5.41. The second-order valence-electron chi connectivity index (χ2n) is 7.85. The van der Waals surface area contributed by atoms with Crippen molar-refractivity contribution in [1.29, 1.82) is 0 Å². The standard InChI is InChI=1S/C27H21N3O3S2/c1-18-11-12-22-24(15-18)35-27(29-22)30(25(31)13-14-34-20-7-3-2-4-8-20)28-16-19-17-33-23-10-6-5-9-21(23)26(19)32/h2-12,15-17H,13-14H2,1H3/b28-16+. The molecule has 0 fully saturated rings. The summed E-state index contributed by atoms with van der Waals surface area (Å²) in [5, 5.41) is 6.63. The summed E-state index contributed by atoms with van der Waals surface area (Å²) in [6.07, 6.45) is 3.00. The van der Waals surface area contributed by atoms with Crippen LogP contribution in [0.25, 0.3) is 21.2 Å². The molecule has 0 N–H and O–H groups in total. The van der Waals surface area contributed by atoms with E-state index in [1.54, 1.807) is 30.0 Å². The second-order valence-corrected chi connectivity index (χ2v) is 10.0. The van der Waals surface area contributed by atoms with Gasteiger partial charge in [-0.1, -0.05) is 47.7 Å². The molecule has 1 amide bonds. The highest BCUT2D eigenvalue weighted by molar-refractivity contribution is 7.99. The smallest absolute Gasteiger partial charge is 0.250 e. The van der Waals surface area contributed by atoms with Gasteiger partial charge in [-0.05, 0) is 48.9 Å². The van der Waals surface area contributed by atoms with Crippen molar-refractivity contribution in [3.05, 3.63) is 100 Å². The maximum absolute atomic E-state index is 13.3. The number of thioether (sulfide) groups is 1. The molecule has 0 saturated carbocycles. The van der Waals surface area contributed by atoms with Crippen LogP contribution in [-0.4, -0.2) is 22.9 Å². The number of aromatic nitrogens is 1. The van der Waals surface area contributed by atoms with Gasteiger partial charge >= 0.3 is 0 Å². The summed E-state index contributed by atoms with van der Waals surface area (Å²) in [6.45, 7) is 2.01. The van der Waals surface area contributed by atoms with Crippen LogP contribution in [-0.2, 0) is 4.79 Å². The van der Waals surface area contributed by atoms with Gasteiger partial charge in [-0.15, -0.1) is 11.8 Å². The van der Waals surface area contributed by atoms with Gasteiger partial charge in [0.25, 0.3) is 0 Å². The average molecular weight is 500 g/mol. The summed E-state index contributed by atoms with van der Waals surface area (Å²) in [5.41, 5.74) is 2.47. The molecule has 174 valence electrons. The zero-order valence-corrected chi connectivity index (χ0v) is 20.5. The lowest BCUT2D eigenvalue weighted by Gasteiger charge is -2.13. The van der Waals surface area contributed by atoms with Crippen molar-refractivity contribution in [3.63, 3.8) is 0 Å². The quantitative estimate of drug-likeness (QED) is 0.150. The van der Waals surface area contributed by atoms with E-state index in [1.807, 2.05) is 61.5 Å². The van der Waals surface area contributed by atoms with Crippen LogP contribution in [0, 0.1) is 6.92 Å². The number of carbonyl (C=O) groups is 1. The normalized spacial score (nSPS) is 11.5. The monoisotopic (exact) mass is 499 g/mol. The number of para-hydroxylation sites is 1. The first-order valence-corrected chi connectivity index (χ1v) is 12.8. The zero-order valence-electron chi connectivity index (χ0n) is 18.9. The van der Waals surface area contributed by atoms with Gasteiger partial charge in [-0.3, -0.25) is 9.59 Å². The third-order valence-electron chi connectivity index (χ3n) is 5.30. The van der Waals surface area contributed by atoms with Crippen molar-refractivity contribution in [3.8, 4) is 0 Å². The van der Waals surface area contributed by atoms with Crippen molar-refractivity contribution in [1.82, 2.24) is 4.98 Å². The summed E-state index contributed by atoms with van der Waals surface area (Å²) in [5.74, 6) is 0.391. The van der Waals surface area contributed by atoms with E-state index in [-0.39, 0.29) is 23.3 Å². The third kappa shape index (κ3) is 5.18. The SMILES string of the molecule is Cc1ccc2nc(N(/N=C/c3coc4ccccc4c3=O)C(=O)CCSc3ccccc3)sc2c1. The molecular formula is C27H21N3O3S2. The van der Waals surface area contributed by atoms with Crippen molar-refractivity contribution >= 4 is 61.5 Å². The molecule has 3 aromatic carbocycles. The summed E-state index contributed by atoms with van der Waals surface area (Å²) in [6, 6.07) is 22.9. The fourth-order valence-electron chi connectivity index (χ4n) is 3.51. The van der Waals surface area contributed by atoms with E-state index >= 15 is 0 Å². The number of anilines is 1. The number of nitrogens with zero attached hydrogens (tertiary/aromatic N) is 3. The van der Waals surface area contributed by atoms with Gasteiger partial charge < -0.3 is 4.42 Å². The van der Waals surface area contributed by atoms with Gasteiger partial charge in [0, 0.05) is 17.1 Å². The van der Waals surface area contributed by atoms with Crippen molar-refractivity contribution in [2.75, 3.05) is 10.8 Å². The molecule has 5 aromatic rings. The molecular weight excluding hydrogens is 478 g/mol. The van der Waals surface area contributed by atoms with Gasteiger partial charge in [-0.25, -0.2) is 4.98 Å². The number of hydrogen-bond donors (Lipinski definition) is 0. The van der Waals surface area contributed by atoms with E-state index in [2.05, 4.69) is 10.1 Å². The number of rotatable bonds is 7. The Kier molecular flexibility index (Phi) is 6.74. The fraction of sp³-hybridized carbons (Fsp3) is 0.111. The Labute approximate surface area is 209 Å². The largest absolute Gasteiger partial charge is 0.463 e. The van der Waals surface area contributed by atoms with Crippen molar-refractivity contribution in [2.24, 2.45) is 5.10 Å². The van der Waals surface area contributed by atoms with Crippen LogP contribution in [0.3, 0.4) is 0 Å². The topological polar surface area (TPSA) is 75.8 Å². The number of aryl methyl sites for hydroxylation is 1. The molecule has 0 saturated heterocycles. The second kappa shape index (κ2) is 10.2. The lowest BCUT2D eigenvalue weighted by atomic mass is 10.2. The van der Waals surface area contributed by atoms with E-state index in [0.717, 1.165) is 20.7 Å². The number of amides is 1. The molecule has 6 nitrogen and oxygen atoms in total. The van der Waals surface area contributed by atoms with Crippen molar-refractivity contribution in [2.45, 2.75) is 18.2 Å². The van der Waals surface area contributed by atoms with E-state index < -0.39 is 0 Å². The molecule has 2 aromatic heterocycles. The minimum atomic E-state index is -0.206. The summed E-state index contributed by atoms with van der Waals surface area (Å²) in [7, 11) is 0. The first-order chi connectivity index (χ1) is 17.1. The van der Waals surface area contributed by atoms with Crippen LogP contribution in [0.15, 0.2) is 98.3 Å². The minimum absolute atomic E-state index is 0.203. The van der Waals surface area contributed by atoms with Gasteiger partial charge in [-0.2, -0.15) is 10.1 Å². The molecule has 0 aliphatic carbocycles. The van der Waals surface area contributed by atoms with E-state index in [0.29, 0.717) is 21.9 Å². The number of benzene rings is 3. The van der Waals surface area contributed by atoms with Crippen LogP contribution in [0.1, 0.15) is 17.5 Å². The predicted octanol–water partition coefficient (Wildman–Crippen LogP) is 6.26. The summed E-state index contributed by atoms with van der Waals surface area (Å²) in [4.78, 5) is 31.9. The first-order valence-electron chi connectivity index (χ1n) is 11.0. The summed E-state index contributed by atoms with van der Waals surface area (Å²) >= 11 is 3.00. The van der Waals surface area contributed by atoms with Crippen LogP contribution in [0.2, 0.25) is 0 Å². The Bertz CT molecular complexity index is 1590. The number of hydrogen-bond acceptors (Lipinski definition) is 7. The highest BCUT2D eigenvalue weighted by Crippen LogP contribution is 2.30. The number of thiazole rings is 1. The zero-order chi connectivity index (χ0) is 24.2. The molecule has 0 aliphatic heterocycles. The van der Waals surface area contributed by atoms with Crippen LogP contribution in [0.4, 0.5) is 5.13 Å².